The number of sulfonamides is 1. The molecule has 2 N–H and O–H groups in total. The summed E-state index contributed by atoms with van der Waals surface area (Å²) in [7, 11) is -4.34. The predicted molar refractivity (Wildman–Crippen MR) is 182 cm³/mol. The van der Waals surface area contributed by atoms with Crippen LogP contribution in [-0.2, 0) is 16.2 Å². The molecule has 264 valence electrons. The van der Waals surface area contributed by atoms with Crippen LogP contribution in [0.1, 0.15) is 28.9 Å². The fourth-order valence-corrected chi connectivity index (χ4v) is 7.74. The van der Waals surface area contributed by atoms with Gasteiger partial charge in [-0.1, -0.05) is 30.3 Å². The molecule has 3 aromatic carbocycles. The summed E-state index contributed by atoms with van der Waals surface area (Å²) in [4.78, 5) is 29.4. The quantitative estimate of drug-likeness (QED) is 0.109. The monoisotopic (exact) mass is 739 g/mol. The molecule has 0 unspecified atom stereocenters. The van der Waals surface area contributed by atoms with E-state index in [-0.39, 0.29) is 42.5 Å². The average Bonchev–Trinajstić information content (AvgIpc) is 3.63. The number of benzene rings is 3. The maximum Gasteiger partial charge on any atom is 0.422 e. The smallest absolute Gasteiger partial charge is 0.422 e. The lowest BCUT2D eigenvalue weighted by molar-refractivity contribution is -0.387. The van der Waals surface area contributed by atoms with Crippen LogP contribution in [0, 0.1) is 16.0 Å². The number of carbonyl (C=O) groups excluding carboxylic acids is 1. The Morgan fingerprint density at radius 2 is 1.82 bits per heavy atom. The lowest BCUT2D eigenvalue weighted by Gasteiger charge is -2.37. The number of halogens is 3. The number of nitro benzene ring substituents is 1. The van der Waals surface area contributed by atoms with Gasteiger partial charge in [-0.25, -0.2) is 18.1 Å². The number of hydrogen-bond acceptors (Lipinski definition) is 11. The van der Waals surface area contributed by atoms with Crippen molar-refractivity contribution >= 4 is 44.3 Å². The number of hydrogen-bond donors (Lipinski definition) is 2. The van der Waals surface area contributed by atoms with Gasteiger partial charge in [0.2, 0.25) is 10.0 Å². The highest BCUT2D eigenvalue weighted by Crippen LogP contribution is 2.48. The molecule has 1 aliphatic heterocycles. The highest BCUT2D eigenvalue weighted by atomic mass is 32.2. The van der Waals surface area contributed by atoms with Crippen molar-refractivity contribution in [3.63, 3.8) is 0 Å². The third kappa shape index (κ3) is 8.13. The minimum atomic E-state index is -4.96. The summed E-state index contributed by atoms with van der Waals surface area (Å²) < 4.78 is 79.6. The largest absolute Gasteiger partial charge is 0.457 e. The van der Waals surface area contributed by atoms with Crippen LogP contribution < -0.4 is 19.7 Å². The van der Waals surface area contributed by atoms with E-state index in [1.165, 1.54) is 53.0 Å². The summed E-state index contributed by atoms with van der Waals surface area (Å²) in [5.41, 5.74) is -1.68. The van der Waals surface area contributed by atoms with Gasteiger partial charge >= 0.3 is 6.18 Å². The van der Waals surface area contributed by atoms with Crippen LogP contribution in [0.25, 0.3) is 10.6 Å². The maximum atomic E-state index is 15.1. The van der Waals surface area contributed by atoms with Crippen molar-refractivity contribution in [2.45, 2.75) is 23.9 Å². The Balaban J connectivity index is 1.33. The Morgan fingerprint density at radius 1 is 1.06 bits per heavy atom. The minimum Gasteiger partial charge on any atom is -0.457 e. The topological polar surface area (TPSA) is 170 Å². The van der Waals surface area contributed by atoms with Crippen molar-refractivity contribution < 1.29 is 36.0 Å². The molecular formula is C33H28F3N7O6S2. The first kappa shape index (κ1) is 35.4. The van der Waals surface area contributed by atoms with Crippen molar-refractivity contribution in [1.82, 2.24) is 19.9 Å². The average molecular weight is 740 g/mol. The van der Waals surface area contributed by atoms with E-state index in [1.54, 1.807) is 24.3 Å². The summed E-state index contributed by atoms with van der Waals surface area (Å²) in [5, 5.41) is 23.5. The van der Waals surface area contributed by atoms with Crippen molar-refractivity contribution in [2.24, 2.45) is 5.92 Å². The van der Waals surface area contributed by atoms with Crippen LogP contribution in [0.5, 0.6) is 11.5 Å². The van der Waals surface area contributed by atoms with Gasteiger partial charge in [-0.15, -0.1) is 11.3 Å². The second-order valence-corrected chi connectivity index (χ2v) is 14.0. The van der Waals surface area contributed by atoms with Crippen LogP contribution in [0.15, 0.2) is 95.5 Å². The zero-order valence-corrected chi connectivity index (χ0v) is 28.0. The number of nitrogens with zero attached hydrogens (tertiary/aromatic N) is 5. The number of alkyl halides is 3. The second kappa shape index (κ2) is 14.8. The van der Waals surface area contributed by atoms with E-state index in [9.17, 15) is 23.3 Å². The van der Waals surface area contributed by atoms with E-state index < -0.39 is 54.8 Å². The fraction of sp³-hybridized carbons (Fsp3) is 0.212. The van der Waals surface area contributed by atoms with Crippen molar-refractivity contribution in [3.8, 4) is 22.1 Å². The van der Waals surface area contributed by atoms with Gasteiger partial charge in [0.1, 0.15) is 27.8 Å². The minimum absolute atomic E-state index is 0.0307. The zero-order chi connectivity index (χ0) is 36.2. The third-order valence-corrected chi connectivity index (χ3v) is 10.3. The number of aromatic nitrogens is 3. The molecule has 0 saturated carbocycles. The number of nitrogens with one attached hydrogen (secondary N) is 2. The van der Waals surface area contributed by atoms with Gasteiger partial charge in [-0.3, -0.25) is 14.9 Å². The first-order valence-electron chi connectivity index (χ1n) is 15.4. The fourth-order valence-electron chi connectivity index (χ4n) is 5.67. The van der Waals surface area contributed by atoms with Gasteiger partial charge in [0, 0.05) is 36.6 Å². The number of piperidine rings is 1. The van der Waals surface area contributed by atoms with Crippen LogP contribution >= 0.6 is 11.3 Å². The molecular weight excluding hydrogens is 712 g/mol. The van der Waals surface area contributed by atoms with E-state index in [4.69, 9.17) is 4.74 Å². The molecule has 2 aromatic heterocycles. The molecule has 1 atom stereocenters. The molecule has 0 bridgehead atoms. The number of anilines is 2. The Morgan fingerprint density at radius 3 is 2.55 bits per heavy atom. The molecule has 1 fully saturated rings. The molecule has 5 aromatic rings. The molecule has 51 heavy (non-hydrogen) atoms. The van der Waals surface area contributed by atoms with Gasteiger partial charge in [-0.2, -0.15) is 23.4 Å². The Kier molecular flexibility index (Phi) is 10.3. The number of ether oxygens (including phenoxy) is 1. The first-order valence-corrected chi connectivity index (χ1v) is 17.8. The second-order valence-electron chi connectivity index (χ2n) is 11.4. The van der Waals surface area contributed by atoms with Gasteiger partial charge < -0.3 is 15.0 Å². The van der Waals surface area contributed by atoms with E-state index in [0.29, 0.717) is 23.4 Å². The molecule has 3 heterocycles. The summed E-state index contributed by atoms with van der Waals surface area (Å²) in [6.07, 6.45) is -1.20. The summed E-state index contributed by atoms with van der Waals surface area (Å²) in [6.45, 7) is -0.111. The van der Waals surface area contributed by atoms with Crippen LogP contribution in [0.4, 0.5) is 30.2 Å². The number of carbonyl (C=O) groups is 1. The molecule has 6 rings (SSSR count). The number of para-hydroxylation sites is 2. The SMILES string of the molecule is O=C(Nc1ccc(Oc2ccccc2)c(C(F)(F)F)c1N1CCC[C@H](CNS(=O)(=O)c2ccccc2[N+](=O)[O-])C1)c1csc(-c2ccnnc2)n1. The lowest BCUT2D eigenvalue weighted by atomic mass is 9.96. The summed E-state index contributed by atoms with van der Waals surface area (Å²) in [6, 6.07) is 16.9. The van der Waals surface area contributed by atoms with E-state index in [2.05, 4.69) is 25.2 Å². The zero-order valence-electron chi connectivity index (χ0n) is 26.4. The normalized spacial score (nSPS) is 15.0. The summed E-state index contributed by atoms with van der Waals surface area (Å²) >= 11 is 1.15. The summed E-state index contributed by atoms with van der Waals surface area (Å²) in [5.74, 6) is -1.60. The molecule has 1 aliphatic rings. The number of nitro groups is 1. The van der Waals surface area contributed by atoms with Gasteiger partial charge in [0.05, 0.1) is 28.7 Å². The van der Waals surface area contributed by atoms with Crippen molar-refractivity contribution in [3.05, 3.63) is 112 Å². The molecule has 0 radical (unpaired) electrons. The van der Waals surface area contributed by atoms with E-state index in [0.717, 1.165) is 29.5 Å². The molecule has 18 heteroatoms. The van der Waals surface area contributed by atoms with Gasteiger partial charge in [-0.05, 0) is 55.2 Å². The number of thiazole rings is 1. The van der Waals surface area contributed by atoms with E-state index in [1.807, 2.05) is 0 Å². The standard InChI is InChI=1S/C33H28F3N7O6S2/c34-33(35,36)29-27(49-23-8-2-1-3-9-23)13-12-24(40-31(44)25-20-50-32(41-25)22-14-15-37-38-18-22)30(29)42-16-6-7-21(19-42)17-39-51(47,48)28-11-5-4-10-26(28)43(45)46/h1-5,8-15,18,20-21,39H,6-7,16-17,19H2,(H,40,44)/t21-/m1/s1. The lowest BCUT2D eigenvalue weighted by Crippen LogP contribution is -2.42. The Bertz CT molecular complexity index is 2150. The highest BCUT2D eigenvalue weighted by molar-refractivity contribution is 7.89. The predicted octanol–water partition coefficient (Wildman–Crippen LogP) is 6.77. The van der Waals surface area contributed by atoms with Crippen LogP contribution in [0.3, 0.4) is 0 Å². The van der Waals surface area contributed by atoms with Crippen LogP contribution in [0.2, 0.25) is 0 Å². The Labute approximate surface area is 293 Å². The highest BCUT2D eigenvalue weighted by Gasteiger charge is 2.41. The van der Waals surface area contributed by atoms with Crippen LogP contribution in [-0.4, -0.2) is 54.1 Å². The van der Waals surface area contributed by atoms with Gasteiger partial charge in [0.15, 0.2) is 4.90 Å². The van der Waals surface area contributed by atoms with E-state index >= 15 is 13.2 Å². The molecule has 0 spiro atoms. The maximum absolute atomic E-state index is 15.1. The van der Waals surface area contributed by atoms with Gasteiger partial charge in [0.25, 0.3) is 11.6 Å². The molecule has 0 aliphatic carbocycles. The number of amides is 1. The van der Waals surface area contributed by atoms with Crippen molar-refractivity contribution in [1.29, 1.82) is 0 Å². The third-order valence-electron chi connectivity index (χ3n) is 7.96. The molecule has 1 amide bonds. The number of rotatable bonds is 11. The molecule has 1 saturated heterocycles. The Hall–Kier alpha value is -5.46. The van der Waals surface area contributed by atoms with Crippen molar-refractivity contribution in [2.75, 3.05) is 29.9 Å². The molecule has 13 nitrogen and oxygen atoms in total. The first-order chi connectivity index (χ1) is 24.4.